The Morgan fingerprint density at radius 3 is 2.86 bits per heavy atom. The van der Waals surface area contributed by atoms with E-state index in [1.807, 2.05) is 7.11 Å². The topological polar surface area (TPSA) is 93.8 Å². The molecule has 0 bridgehead atoms. The number of benzene rings is 1. The number of ether oxygens (including phenoxy) is 2. The van der Waals surface area contributed by atoms with Crippen LogP contribution in [-0.4, -0.2) is 97.5 Å². The number of aliphatic imine (C=N–C) groups is 2. The molecule has 5 aliphatic rings. The molecule has 1 saturated carbocycles. The van der Waals surface area contributed by atoms with Gasteiger partial charge in [0.2, 0.25) is 5.91 Å². The molecule has 6 rings (SSSR count). The van der Waals surface area contributed by atoms with Gasteiger partial charge in [-0.3, -0.25) is 4.79 Å². The van der Waals surface area contributed by atoms with Gasteiger partial charge in [-0.05, 0) is 81.2 Å². The molecule has 1 amide bonds. The van der Waals surface area contributed by atoms with Crippen LogP contribution in [-0.2, 0) is 20.7 Å². The second-order valence-corrected chi connectivity index (χ2v) is 12.7. The summed E-state index contributed by atoms with van der Waals surface area (Å²) in [5.74, 6) is 2.08. The Bertz CT molecular complexity index is 1290. The van der Waals surface area contributed by atoms with Gasteiger partial charge in [-0.25, -0.2) is 4.99 Å². The number of nitriles is 1. The minimum atomic E-state index is -0.210. The van der Waals surface area contributed by atoms with Crippen LogP contribution in [0.3, 0.4) is 0 Å². The van der Waals surface area contributed by atoms with Gasteiger partial charge in [0.15, 0.2) is 0 Å². The molecule has 1 aromatic carbocycles. The van der Waals surface area contributed by atoms with Crippen molar-refractivity contribution in [1.29, 1.82) is 5.26 Å². The summed E-state index contributed by atoms with van der Waals surface area (Å²) in [4.78, 5) is 29.2. The van der Waals surface area contributed by atoms with Gasteiger partial charge >= 0.3 is 6.02 Å². The number of carbonyl (C=O) groups is 1. The SMILES string of the molecule is C=CC(=O)N1CCN(C2=NC(OCC3CCCN3C)=NC3CC4(CC[C]23)Cc2ccccc2C(OC)C4)CC1CC#N. The minimum Gasteiger partial charge on any atom is -0.462 e. The fourth-order valence-corrected chi connectivity index (χ4v) is 7.89. The van der Waals surface area contributed by atoms with E-state index >= 15 is 0 Å². The molecule has 1 aromatic rings. The van der Waals surface area contributed by atoms with Crippen LogP contribution in [0.25, 0.3) is 0 Å². The number of likely N-dealkylation sites (N-methyl/N-ethyl adjacent to an activating group) is 1. The second-order valence-electron chi connectivity index (χ2n) is 12.7. The summed E-state index contributed by atoms with van der Waals surface area (Å²) in [6.45, 7) is 7.09. The molecule has 3 heterocycles. The maximum atomic E-state index is 12.6. The number of nitrogens with zero attached hydrogens (tertiary/aromatic N) is 6. The van der Waals surface area contributed by atoms with Gasteiger partial charge in [0.25, 0.3) is 0 Å². The Morgan fingerprint density at radius 2 is 2.10 bits per heavy atom. The number of fused-ring (bicyclic) bond motifs is 2. The quantitative estimate of drug-likeness (QED) is 0.498. The van der Waals surface area contributed by atoms with Gasteiger partial charge in [0.1, 0.15) is 12.4 Å². The number of carbonyl (C=O) groups excluding carboxylic acids is 1. The fourth-order valence-electron chi connectivity index (χ4n) is 7.89. The highest BCUT2D eigenvalue weighted by Gasteiger charge is 2.49. The summed E-state index contributed by atoms with van der Waals surface area (Å²) in [6, 6.07) is 11.6. The van der Waals surface area contributed by atoms with Crippen molar-refractivity contribution in [2.75, 3.05) is 46.9 Å². The van der Waals surface area contributed by atoms with Crippen molar-refractivity contribution < 1.29 is 14.3 Å². The predicted molar refractivity (Wildman–Crippen MR) is 162 cm³/mol. The average Bonchev–Trinajstić information content (AvgIpc) is 3.43. The Labute approximate surface area is 249 Å². The smallest absolute Gasteiger partial charge is 0.313 e. The Morgan fingerprint density at radius 1 is 1.24 bits per heavy atom. The third kappa shape index (κ3) is 5.59. The van der Waals surface area contributed by atoms with Crippen molar-refractivity contribution in [2.45, 2.75) is 75.6 Å². The van der Waals surface area contributed by atoms with Crippen LogP contribution in [0.5, 0.6) is 0 Å². The molecule has 1 radical (unpaired) electrons. The van der Waals surface area contributed by atoms with Crippen LogP contribution in [0.15, 0.2) is 46.9 Å². The first-order valence-electron chi connectivity index (χ1n) is 15.4. The van der Waals surface area contributed by atoms with E-state index in [1.165, 1.54) is 29.5 Å². The lowest BCUT2D eigenvalue weighted by atomic mass is 9.59. The first-order valence-corrected chi connectivity index (χ1v) is 15.4. The Hall–Kier alpha value is -3.22. The Balaban J connectivity index is 1.27. The van der Waals surface area contributed by atoms with E-state index in [9.17, 15) is 10.1 Å². The number of amidine groups is 2. The number of likely N-dealkylation sites (tertiary alicyclic amines) is 1. The first kappa shape index (κ1) is 28.9. The third-order valence-corrected chi connectivity index (χ3v) is 10.2. The molecule has 42 heavy (non-hydrogen) atoms. The number of methoxy groups -OCH3 is 1. The number of rotatable bonds is 5. The second kappa shape index (κ2) is 12.2. The van der Waals surface area contributed by atoms with E-state index < -0.39 is 0 Å². The molecule has 9 heteroatoms. The molecule has 0 N–H and O–H groups in total. The summed E-state index contributed by atoms with van der Waals surface area (Å²) >= 11 is 0. The van der Waals surface area contributed by atoms with Gasteiger partial charge in [-0.1, -0.05) is 30.8 Å². The van der Waals surface area contributed by atoms with Crippen LogP contribution in [0.2, 0.25) is 0 Å². The molecular weight excluding hydrogens is 528 g/mol. The van der Waals surface area contributed by atoms with Crippen LogP contribution in [0, 0.1) is 22.7 Å². The number of piperazine rings is 1. The molecule has 2 saturated heterocycles. The molecule has 0 aromatic heterocycles. The summed E-state index contributed by atoms with van der Waals surface area (Å²) in [5, 5.41) is 9.54. The van der Waals surface area contributed by atoms with Crippen molar-refractivity contribution >= 4 is 17.8 Å². The van der Waals surface area contributed by atoms with Gasteiger partial charge in [0, 0.05) is 32.8 Å². The number of hydrogen-bond donors (Lipinski definition) is 0. The van der Waals surface area contributed by atoms with E-state index in [-0.39, 0.29) is 35.9 Å². The fraction of sp³-hybridized carbons (Fsp3) is 0.606. The van der Waals surface area contributed by atoms with Gasteiger partial charge in [0.05, 0.1) is 36.6 Å². The van der Waals surface area contributed by atoms with E-state index in [1.54, 1.807) is 4.90 Å². The van der Waals surface area contributed by atoms with Crippen LogP contribution < -0.4 is 0 Å². The monoisotopic (exact) mass is 571 g/mol. The molecule has 2 aliphatic carbocycles. The van der Waals surface area contributed by atoms with Crippen LogP contribution >= 0.6 is 0 Å². The van der Waals surface area contributed by atoms with E-state index in [0.29, 0.717) is 38.3 Å². The zero-order valence-electron chi connectivity index (χ0n) is 25.0. The molecule has 3 aliphatic heterocycles. The zero-order chi connectivity index (χ0) is 29.3. The Kier molecular flexibility index (Phi) is 8.37. The lowest BCUT2D eigenvalue weighted by Gasteiger charge is -2.50. The van der Waals surface area contributed by atoms with Crippen molar-refractivity contribution in [3.63, 3.8) is 0 Å². The van der Waals surface area contributed by atoms with Gasteiger partial charge < -0.3 is 24.2 Å². The molecule has 3 fully saturated rings. The van der Waals surface area contributed by atoms with E-state index in [0.717, 1.165) is 50.9 Å². The standard InChI is InChI=1S/C33H43N6O3/c1-4-30(40)39-17-16-38(21-24(39)12-14-34)31-27-11-13-33(18-23-8-5-6-10-26(23)29(20-33)41-3)19-28(27)35-32(36-31)42-22-25-9-7-15-37(25)2/h4-6,8,10,24-25,28-29H,1,7,9,11-13,15-22H2,2-3H3. The molecule has 5 atom stereocenters. The number of hydrogen-bond acceptors (Lipinski definition) is 8. The maximum absolute atomic E-state index is 12.6. The number of amides is 1. The molecule has 5 unspecified atom stereocenters. The molecule has 1 spiro atoms. The molecule has 223 valence electrons. The van der Waals surface area contributed by atoms with Crippen molar-refractivity contribution in [1.82, 2.24) is 14.7 Å². The molecule has 9 nitrogen and oxygen atoms in total. The first-order chi connectivity index (χ1) is 20.4. The third-order valence-electron chi connectivity index (χ3n) is 10.2. The van der Waals surface area contributed by atoms with Crippen molar-refractivity contribution in [2.24, 2.45) is 15.4 Å². The maximum Gasteiger partial charge on any atom is 0.313 e. The van der Waals surface area contributed by atoms with Crippen LogP contribution in [0.4, 0.5) is 0 Å². The van der Waals surface area contributed by atoms with E-state index in [2.05, 4.69) is 53.8 Å². The summed E-state index contributed by atoms with van der Waals surface area (Å²) in [7, 11) is 3.98. The average molecular weight is 572 g/mol. The normalized spacial score (nSPS) is 31.5. The zero-order valence-corrected chi connectivity index (χ0v) is 25.0. The van der Waals surface area contributed by atoms with E-state index in [4.69, 9.17) is 19.5 Å². The predicted octanol–water partition coefficient (Wildman–Crippen LogP) is 3.93. The van der Waals surface area contributed by atoms with Crippen molar-refractivity contribution in [3.8, 4) is 6.07 Å². The largest absolute Gasteiger partial charge is 0.462 e. The molecular formula is C33H43N6O3. The summed E-state index contributed by atoms with van der Waals surface area (Å²) < 4.78 is 12.4. The van der Waals surface area contributed by atoms with Crippen molar-refractivity contribution in [3.05, 3.63) is 54.0 Å². The lowest BCUT2D eigenvalue weighted by Crippen LogP contribution is -2.58. The lowest BCUT2D eigenvalue weighted by molar-refractivity contribution is -0.130. The highest BCUT2D eigenvalue weighted by Crippen LogP contribution is 2.53. The van der Waals surface area contributed by atoms with Crippen LogP contribution in [0.1, 0.15) is 62.2 Å². The minimum absolute atomic E-state index is 0.00687. The highest BCUT2D eigenvalue weighted by molar-refractivity contribution is 6.05. The van der Waals surface area contributed by atoms with Gasteiger partial charge in [-0.2, -0.15) is 10.3 Å². The summed E-state index contributed by atoms with van der Waals surface area (Å²) in [5.41, 5.74) is 2.80. The summed E-state index contributed by atoms with van der Waals surface area (Å²) in [6.07, 6.45) is 8.94. The highest BCUT2D eigenvalue weighted by atomic mass is 16.5. The van der Waals surface area contributed by atoms with Gasteiger partial charge in [-0.15, -0.1) is 0 Å².